The van der Waals surface area contributed by atoms with Crippen LogP contribution >= 0.6 is 0 Å². The van der Waals surface area contributed by atoms with E-state index in [-0.39, 0.29) is 17.4 Å². The summed E-state index contributed by atoms with van der Waals surface area (Å²) in [5.41, 5.74) is -0.772. The van der Waals surface area contributed by atoms with Gasteiger partial charge in [-0.25, -0.2) is 4.79 Å². The molecule has 1 aromatic heterocycles. The highest BCUT2D eigenvalue weighted by molar-refractivity contribution is 5.88. The number of carbonyl (C=O) groups excluding carboxylic acids is 2. The Morgan fingerprint density at radius 2 is 2.00 bits per heavy atom. The van der Waals surface area contributed by atoms with Gasteiger partial charge in [-0.05, 0) is 40.2 Å². The van der Waals surface area contributed by atoms with Gasteiger partial charge in [0.15, 0.2) is 0 Å². The van der Waals surface area contributed by atoms with E-state index in [9.17, 15) is 14.4 Å². The van der Waals surface area contributed by atoms with Gasteiger partial charge in [0.25, 0.3) is 5.56 Å². The number of ketones is 1. The maximum atomic E-state index is 12.3. The van der Waals surface area contributed by atoms with Crippen LogP contribution in [-0.4, -0.2) is 28.6 Å². The highest BCUT2D eigenvalue weighted by Gasteiger charge is 2.35. The third-order valence-electron chi connectivity index (χ3n) is 3.45. The van der Waals surface area contributed by atoms with Gasteiger partial charge in [-0.3, -0.25) is 14.3 Å². The molecule has 1 aliphatic rings. The lowest BCUT2D eigenvalue weighted by Crippen LogP contribution is -2.36. The minimum atomic E-state index is -0.603. The predicted molar refractivity (Wildman–Crippen MR) is 83.2 cm³/mol. The standard InChI is InChI=1S/C16H22N2O4/c1-11(19)8-9-12-10-17(15(21)22-16(2,3)4)13-6-5-7-14(20)18(12)13/h5-7,12H,8-10H2,1-4H3. The molecule has 22 heavy (non-hydrogen) atoms. The van der Waals surface area contributed by atoms with Crippen LogP contribution in [-0.2, 0) is 9.53 Å². The quantitative estimate of drug-likeness (QED) is 0.860. The number of pyridine rings is 1. The molecule has 0 saturated heterocycles. The fraction of sp³-hybridized carbons (Fsp3) is 0.562. The fourth-order valence-electron chi connectivity index (χ4n) is 2.54. The van der Waals surface area contributed by atoms with Crippen molar-refractivity contribution < 1.29 is 14.3 Å². The maximum absolute atomic E-state index is 12.3. The third kappa shape index (κ3) is 3.55. The number of amides is 1. The van der Waals surface area contributed by atoms with E-state index in [0.717, 1.165) is 0 Å². The van der Waals surface area contributed by atoms with Crippen LogP contribution in [0.2, 0.25) is 0 Å². The lowest BCUT2D eigenvalue weighted by molar-refractivity contribution is -0.117. The van der Waals surface area contributed by atoms with Crippen LogP contribution in [0.1, 0.15) is 46.6 Å². The van der Waals surface area contributed by atoms with Crippen molar-refractivity contribution in [3.05, 3.63) is 28.6 Å². The van der Waals surface area contributed by atoms with Crippen molar-refractivity contribution in [3.8, 4) is 0 Å². The summed E-state index contributed by atoms with van der Waals surface area (Å²) in [6, 6.07) is 4.61. The monoisotopic (exact) mass is 306 g/mol. The van der Waals surface area contributed by atoms with Crippen LogP contribution in [0.25, 0.3) is 0 Å². The van der Waals surface area contributed by atoms with E-state index in [1.165, 1.54) is 17.9 Å². The van der Waals surface area contributed by atoms with Gasteiger partial charge in [-0.15, -0.1) is 0 Å². The molecule has 0 fully saturated rings. The number of anilines is 1. The van der Waals surface area contributed by atoms with Gasteiger partial charge in [0.1, 0.15) is 17.2 Å². The average molecular weight is 306 g/mol. The SMILES string of the molecule is CC(=O)CCC1CN(C(=O)OC(C)(C)C)c2cccc(=O)n21. The highest BCUT2D eigenvalue weighted by atomic mass is 16.6. The van der Waals surface area contributed by atoms with Crippen molar-refractivity contribution >= 4 is 17.7 Å². The molecule has 120 valence electrons. The lowest BCUT2D eigenvalue weighted by Gasteiger charge is -2.24. The molecule has 0 radical (unpaired) electrons. The molecule has 2 heterocycles. The van der Waals surface area contributed by atoms with Crippen LogP contribution in [0.15, 0.2) is 23.0 Å². The van der Waals surface area contributed by atoms with Crippen LogP contribution in [0, 0.1) is 0 Å². The Bertz CT molecular complexity index is 642. The molecule has 2 rings (SSSR count). The summed E-state index contributed by atoms with van der Waals surface area (Å²) in [4.78, 5) is 37.1. The van der Waals surface area contributed by atoms with Gasteiger partial charge in [-0.2, -0.15) is 0 Å². The molecule has 1 atom stereocenters. The van der Waals surface area contributed by atoms with Gasteiger partial charge in [0, 0.05) is 12.5 Å². The Morgan fingerprint density at radius 3 is 2.59 bits per heavy atom. The Morgan fingerprint density at radius 1 is 1.32 bits per heavy atom. The van der Waals surface area contributed by atoms with E-state index >= 15 is 0 Å². The highest BCUT2D eigenvalue weighted by Crippen LogP contribution is 2.31. The van der Waals surface area contributed by atoms with Gasteiger partial charge >= 0.3 is 6.09 Å². The topological polar surface area (TPSA) is 68.6 Å². The summed E-state index contributed by atoms with van der Waals surface area (Å²) >= 11 is 0. The molecule has 0 spiro atoms. The Kier molecular flexibility index (Phi) is 4.39. The summed E-state index contributed by atoms with van der Waals surface area (Å²) in [6.45, 7) is 7.27. The minimum absolute atomic E-state index is 0.0706. The van der Waals surface area contributed by atoms with E-state index in [1.54, 1.807) is 37.5 Å². The first-order chi connectivity index (χ1) is 10.2. The van der Waals surface area contributed by atoms with Crippen LogP contribution in [0.3, 0.4) is 0 Å². The van der Waals surface area contributed by atoms with Crippen molar-refractivity contribution in [2.75, 3.05) is 11.4 Å². The second-order valence-corrected chi connectivity index (χ2v) is 6.58. The smallest absolute Gasteiger partial charge is 0.416 e. The van der Waals surface area contributed by atoms with Crippen molar-refractivity contribution in [2.24, 2.45) is 0 Å². The first-order valence-electron chi connectivity index (χ1n) is 7.40. The number of aromatic nitrogens is 1. The molecule has 0 N–H and O–H groups in total. The zero-order chi connectivity index (χ0) is 16.5. The van der Waals surface area contributed by atoms with E-state index in [0.29, 0.717) is 25.2 Å². The zero-order valence-electron chi connectivity index (χ0n) is 13.5. The van der Waals surface area contributed by atoms with Crippen molar-refractivity contribution in [3.63, 3.8) is 0 Å². The molecule has 0 aliphatic carbocycles. The summed E-state index contributed by atoms with van der Waals surface area (Å²) in [7, 11) is 0. The van der Waals surface area contributed by atoms with Gasteiger partial charge in [-0.1, -0.05) is 6.07 Å². The normalized spacial score (nSPS) is 17.3. The van der Waals surface area contributed by atoms with Crippen LogP contribution in [0.5, 0.6) is 0 Å². The number of nitrogens with zero attached hydrogens (tertiary/aromatic N) is 2. The van der Waals surface area contributed by atoms with Crippen molar-refractivity contribution in [1.29, 1.82) is 0 Å². The number of hydrogen-bond acceptors (Lipinski definition) is 4. The molecular weight excluding hydrogens is 284 g/mol. The lowest BCUT2D eigenvalue weighted by atomic mass is 10.1. The molecule has 1 aliphatic heterocycles. The molecule has 1 unspecified atom stereocenters. The van der Waals surface area contributed by atoms with Gasteiger partial charge in [0.2, 0.25) is 0 Å². The van der Waals surface area contributed by atoms with E-state index in [4.69, 9.17) is 4.74 Å². The molecule has 0 saturated carbocycles. The molecule has 1 aromatic rings. The van der Waals surface area contributed by atoms with Gasteiger partial charge in [0.05, 0.1) is 12.6 Å². The maximum Gasteiger partial charge on any atom is 0.416 e. The average Bonchev–Trinajstić information content (AvgIpc) is 2.74. The van der Waals surface area contributed by atoms with Crippen molar-refractivity contribution in [2.45, 2.75) is 52.2 Å². The van der Waals surface area contributed by atoms with Gasteiger partial charge < -0.3 is 9.53 Å². The van der Waals surface area contributed by atoms with E-state index < -0.39 is 11.7 Å². The molecular formula is C16H22N2O4. The zero-order valence-corrected chi connectivity index (χ0v) is 13.5. The first kappa shape index (κ1) is 16.3. The number of carbonyl (C=O) groups is 2. The number of hydrogen-bond donors (Lipinski definition) is 0. The van der Waals surface area contributed by atoms with E-state index in [2.05, 4.69) is 0 Å². The van der Waals surface area contributed by atoms with Crippen LogP contribution < -0.4 is 10.5 Å². The van der Waals surface area contributed by atoms with E-state index in [1.807, 2.05) is 0 Å². The fourth-order valence-corrected chi connectivity index (χ4v) is 2.54. The molecule has 0 bridgehead atoms. The third-order valence-corrected chi connectivity index (χ3v) is 3.45. The Labute approximate surface area is 129 Å². The second-order valence-electron chi connectivity index (χ2n) is 6.58. The number of ether oxygens (including phenoxy) is 1. The molecule has 6 nitrogen and oxygen atoms in total. The largest absolute Gasteiger partial charge is 0.443 e. The number of rotatable bonds is 3. The van der Waals surface area contributed by atoms with Crippen LogP contribution in [0.4, 0.5) is 10.6 Å². The summed E-state index contributed by atoms with van der Waals surface area (Å²) in [6.07, 6.45) is 0.441. The summed E-state index contributed by atoms with van der Waals surface area (Å²) < 4.78 is 6.97. The molecule has 0 aromatic carbocycles. The summed E-state index contributed by atoms with van der Waals surface area (Å²) in [5.74, 6) is 0.594. The second kappa shape index (κ2) is 5.94. The Balaban J connectivity index is 2.29. The minimum Gasteiger partial charge on any atom is -0.443 e. The predicted octanol–water partition coefficient (Wildman–Crippen LogP) is 2.51. The number of Topliss-reactive ketones (excluding diaryl/α,β-unsaturated/α-hetero) is 1. The van der Waals surface area contributed by atoms with Crippen molar-refractivity contribution in [1.82, 2.24) is 4.57 Å². The number of fused-ring (bicyclic) bond motifs is 1. The first-order valence-corrected chi connectivity index (χ1v) is 7.40. The molecule has 6 heteroatoms. The molecule has 1 amide bonds. The summed E-state index contributed by atoms with van der Waals surface area (Å²) in [5, 5.41) is 0. The Hall–Kier alpha value is -2.11.